The summed E-state index contributed by atoms with van der Waals surface area (Å²) in [6.07, 6.45) is 9.01. The van der Waals surface area contributed by atoms with Crippen molar-refractivity contribution in [1.82, 2.24) is 9.80 Å². The highest BCUT2D eigenvalue weighted by Gasteiger charge is 2.35. The van der Waals surface area contributed by atoms with Crippen LogP contribution in [0.4, 0.5) is 34.1 Å². The molecule has 2 aliphatic rings. The zero-order valence-electron chi connectivity index (χ0n) is 53.9. The lowest BCUT2D eigenvalue weighted by Gasteiger charge is -2.27. The summed E-state index contributed by atoms with van der Waals surface area (Å²) in [6, 6.07) is 79.2. The van der Waals surface area contributed by atoms with Crippen molar-refractivity contribution in [1.29, 1.82) is 10.5 Å². The zero-order valence-corrected chi connectivity index (χ0v) is 57.1. The van der Waals surface area contributed by atoms with Gasteiger partial charge in [0.15, 0.2) is 6.29 Å². The summed E-state index contributed by atoms with van der Waals surface area (Å²) < 4.78 is 0. The summed E-state index contributed by atoms with van der Waals surface area (Å²) in [5.41, 5.74) is 10.4. The Bertz CT molecular complexity index is 4440. The zero-order chi connectivity index (χ0) is 68.0. The Morgan fingerprint density at radius 1 is 0.412 bits per heavy atom. The number of amides is 4. The second-order valence-corrected chi connectivity index (χ2v) is 27.4. The van der Waals surface area contributed by atoms with Crippen molar-refractivity contribution in [2.45, 2.75) is 71.6 Å². The van der Waals surface area contributed by atoms with Crippen LogP contribution in [0.1, 0.15) is 86.2 Å². The minimum Gasteiger partial charge on any atom is -0.396 e. The van der Waals surface area contributed by atoms with E-state index in [1.165, 1.54) is 36.5 Å². The lowest BCUT2D eigenvalue weighted by molar-refractivity contribution is -0.143. The minimum absolute atomic E-state index is 0.0116. The fraction of sp³-hybridized carbons (Fsp3) is 0.188. The Labute approximate surface area is 582 Å². The van der Waals surface area contributed by atoms with Gasteiger partial charge in [0.1, 0.15) is 23.3 Å². The third-order valence-electron chi connectivity index (χ3n) is 16.4. The van der Waals surface area contributed by atoms with E-state index in [0.717, 1.165) is 114 Å². The van der Waals surface area contributed by atoms with Crippen molar-refractivity contribution in [2.75, 3.05) is 36.1 Å². The molecule has 0 fully saturated rings. The van der Waals surface area contributed by atoms with E-state index in [1.54, 1.807) is 53.9 Å². The molecule has 12 rings (SSSR count). The third-order valence-corrected chi connectivity index (χ3v) is 21.1. The third kappa shape index (κ3) is 17.4. The average molecular weight is 1360 g/mol. The number of carbonyl (C=O) groups excluding carboxylic acids is 5. The molecule has 2 N–H and O–H groups in total. The summed E-state index contributed by atoms with van der Waals surface area (Å²) in [5, 5.41) is 36.3. The molecule has 488 valence electrons. The maximum absolute atomic E-state index is 13.5. The summed E-state index contributed by atoms with van der Waals surface area (Å²) in [5.74, 6) is -1.58. The Hall–Kier alpha value is -10.2. The number of aliphatic hydroxyl groups is 2. The number of benzene rings is 6. The first-order chi connectivity index (χ1) is 47.4. The molecule has 17 heteroatoms. The number of aliphatic hydroxyl groups excluding tert-OH is 2. The van der Waals surface area contributed by atoms with Gasteiger partial charge in [-0.25, -0.2) is 0 Å². The summed E-state index contributed by atoms with van der Waals surface area (Å²) in [4.78, 5) is 76.4. The van der Waals surface area contributed by atoms with Crippen molar-refractivity contribution in [3.8, 4) is 52.5 Å². The lowest BCUT2D eigenvalue weighted by atomic mass is 9.94. The molecule has 97 heavy (non-hydrogen) atoms. The van der Waals surface area contributed by atoms with Gasteiger partial charge in [-0.1, -0.05) is 123 Å². The first kappa shape index (κ1) is 69.6. The fourth-order valence-electron chi connectivity index (χ4n) is 11.3. The highest BCUT2D eigenvalue weighted by atomic mass is 32.1. The van der Waals surface area contributed by atoms with Crippen LogP contribution >= 0.6 is 45.3 Å². The standard InChI is InChI=1S/C40H35N3O3S2.C27H19NOS2.C13H18N2O3/c1-28-34(39(45)42(40(46)35(28)27-41)24-10-2-3-11-25-44)26-33-20-21-37(47-33)38-23-22-36(48-38)29-16-18-32(19-17-29)43(30-12-6-4-7-13-30)31-14-8-5-9-15-31;29-19-24-15-16-26(30-24)27-18-17-25(31-27)20-11-13-23(14-12-20)28(21-7-3-1-4-8-21)22-9-5-2-6-10-22;1-10-8-12(17)15(13(18)11(10)9-14)6-4-2-3-5-7-16/h4-9,12-23,26,44H,2-3,10-11,24-25H2,1H3;1-19H;16H,2-8H2,1H3/b34-26-;;. The van der Waals surface area contributed by atoms with Gasteiger partial charge in [-0.3, -0.25) is 33.8 Å². The number of aldehydes is 1. The molecule has 0 spiro atoms. The molecule has 0 atom stereocenters. The van der Waals surface area contributed by atoms with Gasteiger partial charge in [-0.2, -0.15) is 10.5 Å². The molecule has 13 nitrogen and oxygen atoms in total. The first-order valence-electron chi connectivity index (χ1n) is 32.1. The number of nitriles is 2. The Kier molecular flexibility index (Phi) is 24.7. The highest BCUT2D eigenvalue weighted by molar-refractivity contribution is 7.25. The number of unbranched alkanes of at least 4 members (excludes halogenated alkanes) is 6. The normalized spacial score (nSPS) is 13.4. The SMILES string of the molecule is CC1=C(C#N)C(=O)N(CCCCCCO)C(=O)/C1=C\c1ccc(-c2ccc(-c3ccc(N(c4ccccc4)c4ccccc4)cc3)s2)s1.CC1=C(C#N)C(=O)N(CCCCCCO)C(=O)C1.O=Cc1ccc(-c2ccc(-c3ccc(N(c4ccccc4)c4ccccc4)cc3)s2)s1. The van der Waals surface area contributed by atoms with Gasteiger partial charge in [0.2, 0.25) is 5.91 Å². The van der Waals surface area contributed by atoms with Gasteiger partial charge >= 0.3 is 0 Å². The number of thiophene rings is 4. The average Bonchev–Trinajstić information content (AvgIpc) is 1.83. The van der Waals surface area contributed by atoms with E-state index in [4.69, 9.17) is 15.5 Å². The van der Waals surface area contributed by atoms with Crippen LogP contribution < -0.4 is 9.80 Å². The predicted molar refractivity (Wildman–Crippen MR) is 395 cm³/mol. The van der Waals surface area contributed by atoms with Gasteiger partial charge in [0.25, 0.3) is 17.7 Å². The van der Waals surface area contributed by atoms with Gasteiger partial charge in [0, 0.05) is 107 Å². The number of imide groups is 2. The van der Waals surface area contributed by atoms with Crippen molar-refractivity contribution in [2.24, 2.45) is 0 Å². The molecule has 2 aliphatic heterocycles. The molecular weight excluding hydrogens is 1290 g/mol. The molecule has 4 amide bonds. The van der Waals surface area contributed by atoms with Crippen LogP contribution in [-0.2, 0) is 19.2 Å². The van der Waals surface area contributed by atoms with Gasteiger partial charge in [-0.05, 0) is 189 Å². The number of hydrogen-bond donors (Lipinski definition) is 2. The first-order valence-corrected chi connectivity index (χ1v) is 35.4. The second kappa shape index (κ2) is 34.5. The summed E-state index contributed by atoms with van der Waals surface area (Å²) in [6.45, 7) is 4.23. The molecule has 0 saturated heterocycles. The van der Waals surface area contributed by atoms with Crippen LogP contribution in [0.3, 0.4) is 0 Å². The van der Waals surface area contributed by atoms with Crippen molar-refractivity contribution in [3.05, 3.63) is 256 Å². The molecular formula is C80H72N6O7S4. The number of nitrogens with zero attached hydrogens (tertiary/aromatic N) is 6. The maximum atomic E-state index is 13.5. The molecule has 0 bridgehead atoms. The van der Waals surface area contributed by atoms with Crippen molar-refractivity contribution < 1.29 is 34.2 Å². The predicted octanol–water partition coefficient (Wildman–Crippen LogP) is 19.3. The minimum atomic E-state index is -0.529. The van der Waals surface area contributed by atoms with Crippen LogP contribution in [-0.4, -0.2) is 76.2 Å². The topological polar surface area (TPSA) is 186 Å². The maximum Gasteiger partial charge on any atom is 0.271 e. The summed E-state index contributed by atoms with van der Waals surface area (Å²) >= 11 is 6.57. The monoisotopic (exact) mass is 1360 g/mol. The quantitative estimate of drug-likeness (QED) is 0.0254. The molecule has 4 aromatic heterocycles. The number of anilines is 6. The number of rotatable bonds is 24. The van der Waals surface area contributed by atoms with E-state index in [0.29, 0.717) is 36.1 Å². The Morgan fingerprint density at radius 2 is 0.773 bits per heavy atom. The van der Waals surface area contributed by atoms with Gasteiger partial charge in [0.05, 0.1) is 4.88 Å². The van der Waals surface area contributed by atoms with Gasteiger partial charge < -0.3 is 20.0 Å². The highest BCUT2D eigenvalue weighted by Crippen LogP contribution is 2.43. The Morgan fingerprint density at radius 3 is 1.19 bits per heavy atom. The molecule has 10 aromatic rings. The summed E-state index contributed by atoms with van der Waals surface area (Å²) in [7, 11) is 0. The fourth-order valence-corrected chi connectivity index (χ4v) is 15.2. The largest absolute Gasteiger partial charge is 0.396 e. The molecule has 0 radical (unpaired) electrons. The number of hydrogen-bond acceptors (Lipinski definition) is 15. The van der Waals surface area contributed by atoms with E-state index in [1.807, 2.05) is 78.9 Å². The van der Waals surface area contributed by atoms with Crippen LogP contribution in [0.5, 0.6) is 0 Å². The van der Waals surface area contributed by atoms with Crippen LogP contribution in [0, 0.1) is 22.7 Å². The van der Waals surface area contributed by atoms with E-state index in [2.05, 4.69) is 161 Å². The smallest absolute Gasteiger partial charge is 0.271 e. The molecule has 0 aliphatic carbocycles. The van der Waals surface area contributed by atoms with E-state index >= 15 is 0 Å². The molecule has 0 saturated carbocycles. The van der Waals surface area contributed by atoms with Crippen LogP contribution in [0.15, 0.2) is 246 Å². The van der Waals surface area contributed by atoms with E-state index < -0.39 is 11.8 Å². The lowest BCUT2D eigenvalue weighted by Crippen LogP contribution is -2.43. The van der Waals surface area contributed by atoms with Crippen molar-refractivity contribution >= 4 is 115 Å². The number of para-hydroxylation sites is 4. The van der Waals surface area contributed by atoms with E-state index in [9.17, 15) is 29.2 Å². The Balaban J connectivity index is 0.000000177. The van der Waals surface area contributed by atoms with E-state index in [-0.39, 0.29) is 49.1 Å². The van der Waals surface area contributed by atoms with Gasteiger partial charge in [-0.15, -0.1) is 45.3 Å². The van der Waals surface area contributed by atoms with Crippen LogP contribution in [0.25, 0.3) is 46.5 Å². The second-order valence-electron chi connectivity index (χ2n) is 23.0. The molecule has 0 unspecified atom stereocenters. The molecule has 6 aromatic carbocycles. The molecule has 6 heterocycles. The number of carbonyl (C=O) groups is 5. The van der Waals surface area contributed by atoms with Crippen LogP contribution in [0.2, 0.25) is 0 Å². The van der Waals surface area contributed by atoms with Crippen molar-refractivity contribution in [3.63, 3.8) is 0 Å².